The van der Waals surface area contributed by atoms with Crippen molar-refractivity contribution in [2.24, 2.45) is 0 Å². The Labute approximate surface area is 114 Å². The molecule has 1 saturated heterocycles. The van der Waals surface area contributed by atoms with Crippen LogP contribution < -0.4 is 11.1 Å². The number of piperidine rings is 1. The number of anilines is 1. The molecule has 1 aliphatic heterocycles. The predicted molar refractivity (Wildman–Crippen MR) is 75.7 cm³/mol. The van der Waals surface area contributed by atoms with Gasteiger partial charge in [-0.25, -0.2) is 4.79 Å². The van der Waals surface area contributed by atoms with E-state index in [1.807, 2.05) is 29.2 Å². The Morgan fingerprint density at radius 2 is 1.74 bits per heavy atom. The van der Waals surface area contributed by atoms with Crippen LogP contribution in [0.3, 0.4) is 0 Å². The maximum atomic E-state index is 12.3. The highest BCUT2D eigenvalue weighted by atomic mass is 16.2. The third-order valence-corrected chi connectivity index (χ3v) is 4.20. The zero-order valence-electron chi connectivity index (χ0n) is 11.2. The van der Waals surface area contributed by atoms with E-state index in [0.29, 0.717) is 0 Å². The number of rotatable bonds is 2. The average Bonchev–Trinajstić information content (AvgIpc) is 3.21. The summed E-state index contributed by atoms with van der Waals surface area (Å²) in [6, 6.07) is 7.96. The number of hydrogen-bond donors (Lipinski definition) is 2. The van der Waals surface area contributed by atoms with Crippen LogP contribution in [0.4, 0.5) is 10.5 Å². The highest BCUT2D eigenvalue weighted by Crippen LogP contribution is 2.45. The Bertz CT molecular complexity index is 459. The fraction of sp³-hybridized carbons (Fsp3) is 0.533. The van der Waals surface area contributed by atoms with Gasteiger partial charge in [0.1, 0.15) is 0 Å². The lowest BCUT2D eigenvalue weighted by Gasteiger charge is -2.29. The lowest BCUT2D eigenvalue weighted by molar-refractivity contribution is 0.181. The maximum Gasteiger partial charge on any atom is 0.318 e. The van der Waals surface area contributed by atoms with Gasteiger partial charge >= 0.3 is 6.03 Å². The Balaban J connectivity index is 1.68. The van der Waals surface area contributed by atoms with Crippen LogP contribution in [-0.2, 0) is 5.54 Å². The molecule has 0 radical (unpaired) electrons. The molecule has 2 fully saturated rings. The van der Waals surface area contributed by atoms with Gasteiger partial charge in [0.05, 0.1) is 5.54 Å². The van der Waals surface area contributed by atoms with Crippen LogP contribution in [0, 0.1) is 0 Å². The van der Waals surface area contributed by atoms with Gasteiger partial charge in [-0.3, -0.25) is 0 Å². The van der Waals surface area contributed by atoms with Gasteiger partial charge in [-0.1, -0.05) is 12.1 Å². The normalized spacial score (nSPS) is 20.9. The number of nitrogens with one attached hydrogen (secondary N) is 1. The Morgan fingerprint density at radius 1 is 1.11 bits per heavy atom. The van der Waals surface area contributed by atoms with Gasteiger partial charge in [-0.2, -0.15) is 0 Å². The fourth-order valence-electron chi connectivity index (χ4n) is 2.79. The third-order valence-electron chi connectivity index (χ3n) is 4.20. The second kappa shape index (κ2) is 4.76. The first-order valence-corrected chi connectivity index (χ1v) is 7.13. The Morgan fingerprint density at radius 3 is 2.32 bits per heavy atom. The van der Waals surface area contributed by atoms with Crippen molar-refractivity contribution in [2.45, 2.75) is 37.6 Å². The topological polar surface area (TPSA) is 58.4 Å². The smallest absolute Gasteiger partial charge is 0.318 e. The number of urea groups is 1. The van der Waals surface area contributed by atoms with Gasteiger partial charge in [0.2, 0.25) is 0 Å². The molecule has 1 aromatic carbocycles. The molecule has 0 atom stereocenters. The molecule has 19 heavy (non-hydrogen) atoms. The molecule has 4 heteroatoms. The number of carbonyl (C=O) groups excluding carboxylic acids is 1. The molecule has 2 amide bonds. The largest absolute Gasteiger partial charge is 0.399 e. The average molecular weight is 259 g/mol. The monoisotopic (exact) mass is 259 g/mol. The molecule has 1 aromatic rings. The van der Waals surface area contributed by atoms with Gasteiger partial charge in [0.15, 0.2) is 0 Å². The third kappa shape index (κ3) is 2.53. The minimum atomic E-state index is -0.137. The van der Waals surface area contributed by atoms with Gasteiger partial charge in [0, 0.05) is 18.8 Å². The molecule has 2 aliphatic rings. The van der Waals surface area contributed by atoms with Crippen molar-refractivity contribution in [3.8, 4) is 0 Å². The minimum absolute atomic E-state index is 0.0917. The molecule has 3 rings (SSSR count). The fourth-order valence-corrected chi connectivity index (χ4v) is 2.79. The van der Waals surface area contributed by atoms with E-state index in [1.54, 1.807) is 0 Å². The standard InChI is InChI=1S/C15H21N3O/c16-13-6-4-12(5-7-13)15(8-9-15)17-14(19)18-10-2-1-3-11-18/h4-7H,1-3,8-11,16H2,(H,17,19). The van der Waals surface area contributed by atoms with E-state index in [4.69, 9.17) is 5.73 Å². The summed E-state index contributed by atoms with van der Waals surface area (Å²) in [5, 5.41) is 3.22. The lowest BCUT2D eigenvalue weighted by Crippen LogP contribution is -2.46. The van der Waals surface area contributed by atoms with Crippen LogP contribution in [0.5, 0.6) is 0 Å². The van der Waals surface area contributed by atoms with Crippen LogP contribution >= 0.6 is 0 Å². The van der Waals surface area contributed by atoms with E-state index in [9.17, 15) is 4.79 Å². The van der Waals surface area contributed by atoms with Gasteiger partial charge in [-0.05, 0) is 49.8 Å². The van der Waals surface area contributed by atoms with Crippen LogP contribution in [-0.4, -0.2) is 24.0 Å². The summed E-state index contributed by atoms with van der Waals surface area (Å²) in [7, 11) is 0. The Hall–Kier alpha value is -1.71. The van der Waals surface area contributed by atoms with E-state index in [1.165, 1.54) is 12.0 Å². The van der Waals surface area contributed by atoms with Gasteiger partial charge in [-0.15, -0.1) is 0 Å². The summed E-state index contributed by atoms with van der Waals surface area (Å²) in [4.78, 5) is 14.2. The number of likely N-dealkylation sites (tertiary alicyclic amines) is 1. The van der Waals surface area contributed by atoms with Gasteiger partial charge in [0.25, 0.3) is 0 Å². The molecule has 0 bridgehead atoms. The zero-order valence-corrected chi connectivity index (χ0v) is 11.2. The summed E-state index contributed by atoms with van der Waals surface area (Å²) in [6.07, 6.45) is 5.55. The molecule has 3 N–H and O–H groups in total. The van der Waals surface area contributed by atoms with Crippen molar-refractivity contribution < 1.29 is 4.79 Å². The van der Waals surface area contributed by atoms with E-state index in [-0.39, 0.29) is 11.6 Å². The molecule has 4 nitrogen and oxygen atoms in total. The van der Waals surface area contributed by atoms with Crippen molar-refractivity contribution in [1.29, 1.82) is 0 Å². The number of nitrogen functional groups attached to an aromatic ring is 1. The second-order valence-electron chi connectivity index (χ2n) is 5.68. The highest BCUT2D eigenvalue weighted by Gasteiger charge is 2.46. The summed E-state index contributed by atoms with van der Waals surface area (Å²) in [5.74, 6) is 0. The van der Waals surface area contributed by atoms with E-state index >= 15 is 0 Å². The highest BCUT2D eigenvalue weighted by molar-refractivity contribution is 5.76. The number of nitrogens with zero attached hydrogens (tertiary/aromatic N) is 1. The molecule has 1 aliphatic carbocycles. The lowest BCUT2D eigenvalue weighted by atomic mass is 10.0. The van der Waals surface area contributed by atoms with E-state index in [0.717, 1.165) is 44.5 Å². The first-order chi connectivity index (χ1) is 9.20. The van der Waals surface area contributed by atoms with Crippen LogP contribution in [0.1, 0.15) is 37.7 Å². The number of hydrogen-bond acceptors (Lipinski definition) is 2. The summed E-state index contributed by atoms with van der Waals surface area (Å²) < 4.78 is 0. The van der Waals surface area contributed by atoms with Crippen molar-refractivity contribution in [1.82, 2.24) is 10.2 Å². The SMILES string of the molecule is Nc1ccc(C2(NC(=O)N3CCCCC3)CC2)cc1. The molecule has 0 unspecified atom stereocenters. The van der Waals surface area contributed by atoms with Crippen molar-refractivity contribution in [3.63, 3.8) is 0 Å². The second-order valence-corrected chi connectivity index (χ2v) is 5.68. The number of benzene rings is 1. The summed E-state index contributed by atoms with van der Waals surface area (Å²) in [5.41, 5.74) is 7.52. The van der Waals surface area contributed by atoms with Crippen LogP contribution in [0.15, 0.2) is 24.3 Å². The Kier molecular flexibility index (Phi) is 3.09. The first kappa shape index (κ1) is 12.3. The number of nitrogens with two attached hydrogens (primary N) is 1. The van der Waals surface area contributed by atoms with Gasteiger partial charge < -0.3 is 16.0 Å². The molecule has 0 spiro atoms. The van der Waals surface area contributed by atoms with E-state index in [2.05, 4.69) is 5.32 Å². The van der Waals surface area contributed by atoms with Crippen LogP contribution in [0.2, 0.25) is 0 Å². The molecule has 1 saturated carbocycles. The van der Waals surface area contributed by atoms with Crippen molar-refractivity contribution in [3.05, 3.63) is 29.8 Å². The predicted octanol–water partition coefficient (Wildman–Crippen LogP) is 2.45. The van der Waals surface area contributed by atoms with E-state index < -0.39 is 0 Å². The first-order valence-electron chi connectivity index (χ1n) is 7.13. The quantitative estimate of drug-likeness (QED) is 0.801. The molecular weight excluding hydrogens is 238 g/mol. The number of carbonyl (C=O) groups is 1. The maximum absolute atomic E-state index is 12.3. The summed E-state index contributed by atoms with van der Waals surface area (Å²) >= 11 is 0. The molecule has 0 aromatic heterocycles. The molecule has 102 valence electrons. The van der Waals surface area contributed by atoms with Crippen molar-refractivity contribution >= 4 is 11.7 Å². The van der Waals surface area contributed by atoms with Crippen LogP contribution in [0.25, 0.3) is 0 Å². The number of amides is 2. The minimum Gasteiger partial charge on any atom is -0.399 e. The molecule has 1 heterocycles. The zero-order chi connectivity index (χ0) is 13.3. The van der Waals surface area contributed by atoms with Crippen molar-refractivity contribution in [2.75, 3.05) is 18.8 Å². The summed E-state index contributed by atoms with van der Waals surface area (Å²) in [6.45, 7) is 1.79. The molecular formula is C15H21N3O.